The highest BCUT2D eigenvalue weighted by atomic mass is 16.5. The molecular weight excluding hydrogens is 232 g/mol. The normalized spacial score (nSPS) is 10.1. The Labute approximate surface area is 104 Å². The number of benzene rings is 1. The van der Waals surface area contributed by atoms with Crippen LogP contribution < -0.4 is 0 Å². The lowest BCUT2D eigenvalue weighted by atomic mass is 10.0. The molecule has 0 spiro atoms. The van der Waals surface area contributed by atoms with Crippen LogP contribution in [-0.2, 0) is 9.53 Å². The number of carbonyl (C=O) groups excluding carboxylic acids is 2. The van der Waals surface area contributed by atoms with Crippen molar-refractivity contribution in [2.75, 3.05) is 7.11 Å². The molecule has 1 aromatic heterocycles. The number of ether oxygens (including phenoxy) is 1. The van der Waals surface area contributed by atoms with Gasteiger partial charge >= 0.3 is 11.8 Å². The van der Waals surface area contributed by atoms with Crippen molar-refractivity contribution in [3.8, 4) is 11.1 Å². The largest absolute Gasteiger partial charge is 0.463 e. The van der Waals surface area contributed by atoms with Gasteiger partial charge in [0.25, 0.3) is 0 Å². The minimum absolute atomic E-state index is 0.0190. The number of aryl methyl sites for hydroxylation is 1. The molecule has 4 nitrogen and oxygen atoms in total. The fourth-order valence-corrected chi connectivity index (χ4v) is 1.70. The molecule has 0 atom stereocenters. The maximum absolute atomic E-state index is 11.8. The van der Waals surface area contributed by atoms with Gasteiger partial charge in [-0.1, -0.05) is 30.3 Å². The van der Waals surface area contributed by atoms with Crippen LogP contribution >= 0.6 is 0 Å². The van der Waals surface area contributed by atoms with Crippen LogP contribution in [0.5, 0.6) is 0 Å². The SMILES string of the molecule is COC(=O)C(=O)c1oc(C)cc1-c1ccccc1. The first-order chi connectivity index (χ1) is 8.63. The molecule has 0 radical (unpaired) electrons. The summed E-state index contributed by atoms with van der Waals surface area (Å²) in [4.78, 5) is 23.1. The average Bonchev–Trinajstić information content (AvgIpc) is 2.80. The highest BCUT2D eigenvalue weighted by molar-refractivity contribution is 6.41. The Morgan fingerprint density at radius 1 is 1.17 bits per heavy atom. The van der Waals surface area contributed by atoms with Gasteiger partial charge in [-0.15, -0.1) is 0 Å². The van der Waals surface area contributed by atoms with Crippen LogP contribution in [0.25, 0.3) is 11.1 Å². The summed E-state index contributed by atoms with van der Waals surface area (Å²) >= 11 is 0. The number of rotatable bonds is 3. The Morgan fingerprint density at radius 3 is 2.44 bits per heavy atom. The third kappa shape index (κ3) is 2.18. The number of hydrogen-bond acceptors (Lipinski definition) is 4. The molecule has 0 unspecified atom stereocenters. The third-order valence-electron chi connectivity index (χ3n) is 2.52. The quantitative estimate of drug-likeness (QED) is 0.473. The lowest BCUT2D eigenvalue weighted by Gasteiger charge is -2.00. The summed E-state index contributed by atoms with van der Waals surface area (Å²) in [7, 11) is 1.16. The third-order valence-corrected chi connectivity index (χ3v) is 2.52. The predicted octanol–water partition coefficient (Wildman–Crippen LogP) is 2.61. The fourth-order valence-electron chi connectivity index (χ4n) is 1.70. The number of esters is 1. The molecule has 0 saturated carbocycles. The van der Waals surface area contributed by atoms with E-state index in [1.54, 1.807) is 13.0 Å². The van der Waals surface area contributed by atoms with Crippen LogP contribution in [0.4, 0.5) is 0 Å². The average molecular weight is 244 g/mol. The number of hydrogen-bond donors (Lipinski definition) is 0. The maximum Gasteiger partial charge on any atom is 0.382 e. The van der Waals surface area contributed by atoms with E-state index in [0.717, 1.165) is 12.7 Å². The summed E-state index contributed by atoms with van der Waals surface area (Å²) < 4.78 is 9.72. The smallest absolute Gasteiger partial charge is 0.382 e. The zero-order valence-electron chi connectivity index (χ0n) is 10.1. The topological polar surface area (TPSA) is 56.5 Å². The maximum atomic E-state index is 11.8. The van der Waals surface area contributed by atoms with E-state index < -0.39 is 11.8 Å². The van der Waals surface area contributed by atoms with Gasteiger partial charge in [0.1, 0.15) is 5.76 Å². The summed E-state index contributed by atoms with van der Waals surface area (Å²) in [6.45, 7) is 1.72. The number of ketones is 1. The molecule has 0 amide bonds. The predicted molar refractivity (Wildman–Crippen MR) is 65.2 cm³/mol. The number of carbonyl (C=O) groups is 2. The van der Waals surface area contributed by atoms with Gasteiger partial charge in [0.05, 0.1) is 7.11 Å². The number of Topliss-reactive ketones (excluding diaryl/α,β-unsaturated/α-hetero) is 1. The molecule has 2 aromatic rings. The second-order valence-electron chi connectivity index (χ2n) is 3.79. The summed E-state index contributed by atoms with van der Waals surface area (Å²) in [5.74, 6) is -1.11. The highest BCUT2D eigenvalue weighted by Crippen LogP contribution is 2.27. The Kier molecular flexibility index (Phi) is 3.28. The van der Waals surface area contributed by atoms with E-state index in [2.05, 4.69) is 4.74 Å². The molecule has 0 aliphatic heterocycles. The zero-order chi connectivity index (χ0) is 13.1. The lowest BCUT2D eigenvalue weighted by molar-refractivity contribution is -0.135. The Morgan fingerprint density at radius 2 is 1.83 bits per heavy atom. The van der Waals surface area contributed by atoms with Crippen LogP contribution in [-0.4, -0.2) is 18.9 Å². The summed E-state index contributed by atoms with van der Waals surface area (Å²) in [5.41, 5.74) is 1.42. The molecule has 4 heteroatoms. The van der Waals surface area contributed by atoms with Crippen molar-refractivity contribution in [3.05, 3.63) is 47.9 Å². The first kappa shape index (κ1) is 12.1. The fraction of sp³-hybridized carbons (Fsp3) is 0.143. The van der Waals surface area contributed by atoms with Crippen molar-refractivity contribution in [1.29, 1.82) is 0 Å². The molecule has 1 heterocycles. The van der Waals surface area contributed by atoms with Gasteiger partial charge in [-0.05, 0) is 18.6 Å². The van der Waals surface area contributed by atoms with Crippen LogP contribution in [0.15, 0.2) is 40.8 Å². The van der Waals surface area contributed by atoms with Crippen molar-refractivity contribution in [3.63, 3.8) is 0 Å². The van der Waals surface area contributed by atoms with Gasteiger partial charge in [-0.2, -0.15) is 0 Å². The molecule has 0 aliphatic rings. The Balaban J connectivity index is 2.50. The van der Waals surface area contributed by atoms with Gasteiger partial charge in [0.15, 0.2) is 5.76 Å². The van der Waals surface area contributed by atoms with Gasteiger partial charge in [-0.25, -0.2) is 4.79 Å². The second-order valence-corrected chi connectivity index (χ2v) is 3.79. The molecule has 0 fully saturated rings. The molecule has 1 aromatic carbocycles. The van der Waals surface area contributed by atoms with Crippen molar-refractivity contribution >= 4 is 11.8 Å². The van der Waals surface area contributed by atoms with Crippen molar-refractivity contribution in [2.45, 2.75) is 6.92 Å². The van der Waals surface area contributed by atoms with Crippen LogP contribution in [0.3, 0.4) is 0 Å². The van der Waals surface area contributed by atoms with Gasteiger partial charge in [-0.3, -0.25) is 4.79 Å². The van der Waals surface area contributed by atoms with Gasteiger partial charge < -0.3 is 9.15 Å². The van der Waals surface area contributed by atoms with Crippen LogP contribution in [0.2, 0.25) is 0 Å². The molecule has 0 N–H and O–H groups in total. The van der Waals surface area contributed by atoms with Crippen molar-refractivity contribution in [1.82, 2.24) is 0 Å². The standard InChI is InChI=1S/C14H12O4/c1-9-8-11(10-6-4-3-5-7-10)13(18-9)12(15)14(16)17-2/h3-8H,1-2H3. The van der Waals surface area contributed by atoms with E-state index in [-0.39, 0.29) is 5.76 Å². The van der Waals surface area contributed by atoms with Crippen molar-refractivity contribution < 1.29 is 18.7 Å². The van der Waals surface area contributed by atoms with E-state index >= 15 is 0 Å². The van der Waals surface area contributed by atoms with E-state index in [9.17, 15) is 9.59 Å². The Bertz CT molecular complexity index is 581. The highest BCUT2D eigenvalue weighted by Gasteiger charge is 2.25. The Hall–Kier alpha value is -2.36. The van der Waals surface area contributed by atoms with E-state index in [4.69, 9.17) is 4.42 Å². The minimum Gasteiger partial charge on any atom is -0.463 e. The van der Waals surface area contributed by atoms with E-state index in [1.807, 2.05) is 30.3 Å². The zero-order valence-corrected chi connectivity index (χ0v) is 10.1. The van der Waals surface area contributed by atoms with Gasteiger partial charge in [0, 0.05) is 5.56 Å². The summed E-state index contributed by atoms with van der Waals surface area (Å²) in [5, 5.41) is 0. The summed E-state index contributed by atoms with van der Waals surface area (Å²) in [6, 6.07) is 11.0. The molecule has 0 saturated heterocycles. The molecule has 2 rings (SSSR count). The number of furan rings is 1. The monoisotopic (exact) mass is 244 g/mol. The minimum atomic E-state index is -0.929. The second kappa shape index (κ2) is 4.87. The molecule has 18 heavy (non-hydrogen) atoms. The molecule has 0 aliphatic carbocycles. The van der Waals surface area contributed by atoms with E-state index in [0.29, 0.717) is 11.3 Å². The number of methoxy groups -OCH3 is 1. The summed E-state index contributed by atoms with van der Waals surface area (Å²) in [6.07, 6.45) is 0. The first-order valence-electron chi connectivity index (χ1n) is 5.42. The van der Waals surface area contributed by atoms with Gasteiger partial charge in [0.2, 0.25) is 0 Å². The lowest BCUT2D eigenvalue weighted by Crippen LogP contribution is -2.15. The molecule has 92 valence electrons. The van der Waals surface area contributed by atoms with E-state index in [1.165, 1.54) is 0 Å². The van der Waals surface area contributed by atoms with Crippen molar-refractivity contribution in [2.24, 2.45) is 0 Å². The van der Waals surface area contributed by atoms with Crippen LogP contribution in [0, 0.1) is 6.92 Å². The van der Waals surface area contributed by atoms with Crippen LogP contribution in [0.1, 0.15) is 16.3 Å². The first-order valence-corrected chi connectivity index (χ1v) is 5.42. The molecular formula is C14H12O4. The molecule has 0 bridgehead atoms.